The summed E-state index contributed by atoms with van der Waals surface area (Å²) in [6.45, 7) is 3.81. The summed E-state index contributed by atoms with van der Waals surface area (Å²) in [5.74, 6) is -0.789. The van der Waals surface area contributed by atoms with E-state index in [0.717, 1.165) is 43.9 Å². The highest BCUT2D eigenvalue weighted by atomic mass is 19.4. The van der Waals surface area contributed by atoms with Gasteiger partial charge >= 0.3 is 12.1 Å². The van der Waals surface area contributed by atoms with Crippen LogP contribution in [0, 0.1) is 6.92 Å². The number of carbonyl (C=O) groups is 2. The van der Waals surface area contributed by atoms with Crippen LogP contribution in [0.2, 0.25) is 0 Å². The number of nitrogens with zero attached hydrogens (tertiary/aromatic N) is 1. The number of fused-ring (bicyclic) bond motifs is 1. The number of amides is 1. The van der Waals surface area contributed by atoms with Gasteiger partial charge in [-0.1, -0.05) is 0 Å². The van der Waals surface area contributed by atoms with Gasteiger partial charge in [0.2, 0.25) is 5.91 Å². The molecule has 3 rings (SSSR count). The number of hydrogen-bond donors (Lipinski definition) is 2. The van der Waals surface area contributed by atoms with Gasteiger partial charge in [0.25, 0.3) is 0 Å². The van der Waals surface area contributed by atoms with Gasteiger partial charge in [-0.25, -0.2) is 4.79 Å². The lowest BCUT2D eigenvalue weighted by Crippen LogP contribution is -2.47. The molecule has 10 heteroatoms. The second-order valence-corrected chi connectivity index (χ2v) is 6.50. The zero-order valence-electron chi connectivity index (χ0n) is 15.1. The molecule has 1 aromatic rings. The number of aliphatic carboxylic acids is 1. The number of aryl methyl sites for hydroxylation is 1. The van der Waals surface area contributed by atoms with E-state index in [1.165, 1.54) is 0 Å². The zero-order valence-corrected chi connectivity index (χ0v) is 15.1. The van der Waals surface area contributed by atoms with Gasteiger partial charge in [0.05, 0.1) is 12.6 Å². The van der Waals surface area contributed by atoms with Crippen LogP contribution in [0.4, 0.5) is 13.2 Å². The number of likely N-dealkylation sites (tertiary alicyclic amines) is 1. The molecule has 1 aromatic heterocycles. The van der Waals surface area contributed by atoms with Crippen molar-refractivity contribution in [3.63, 3.8) is 0 Å². The number of ether oxygens (including phenoxy) is 1. The van der Waals surface area contributed by atoms with Crippen molar-refractivity contribution in [2.45, 2.75) is 57.2 Å². The monoisotopic (exact) mass is 392 g/mol. The van der Waals surface area contributed by atoms with E-state index in [4.69, 9.17) is 19.1 Å². The standard InChI is InChI=1S/C15H22N2O3.C2HF3O2/c1-10-3-4-11(19-10)9-17-8-7-13-12(17)5-6-14(20-13)15(18)16-2;3-2(4,5)1(6)7/h3-4,12-14H,5-9H2,1-2H3,(H,16,18);(H,6,7)/t12-,13-,14-;/m1./s1. The van der Waals surface area contributed by atoms with Gasteiger partial charge in [0.15, 0.2) is 0 Å². The van der Waals surface area contributed by atoms with E-state index >= 15 is 0 Å². The van der Waals surface area contributed by atoms with Crippen LogP contribution in [0.15, 0.2) is 16.5 Å². The van der Waals surface area contributed by atoms with Gasteiger partial charge < -0.3 is 19.6 Å². The number of hydrogen-bond acceptors (Lipinski definition) is 5. The molecule has 2 aliphatic rings. The van der Waals surface area contributed by atoms with Crippen LogP contribution in [-0.4, -0.2) is 59.9 Å². The molecule has 152 valence electrons. The van der Waals surface area contributed by atoms with Gasteiger partial charge in [-0.3, -0.25) is 9.69 Å². The van der Waals surface area contributed by atoms with Gasteiger partial charge in [-0.15, -0.1) is 0 Å². The Morgan fingerprint density at radius 2 is 1.96 bits per heavy atom. The summed E-state index contributed by atoms with van der Waals surface area (Å²) in [6.07, 6.45) is -2.36. The van der Waals surface area contributed by atoms with E-state index in [1.807, 2.05) is 19.1 Å². The first-order chi connectivity index (χ1) is 12.6. The van der Waals surface area contributed by atoms with Crippen LogP contribution in [0.3, 0.4) is 0 Å². The topological polar surface area (TPSA) is 92.0 Å². The molecule has 2 aliphatic heterocycles. The molecule has 2 N–H and O–H groups in total. The molecule has 0 spiro atoms. The minimum absolute atomic E-state index is 0.00330. The lowest BCUT2D eigenvalue weighted by atomic mass is 9.98. The number of halogens is 3. The van der Waals surface area contributed by atoms with Crippen LogP contribution in [0.5, 0.6) is 0 Å². The number of alkyl halides is 3. The summed E-state index contributed by atoms with van der Waals surface area (Å²) in [7, 11) is 1.66. The minimum atomic E-state index is -5.08. The van der Waals surface area contributed by atoms with Crippen molar-refractivity contribution in [1.82, 2.24) is 10.2 Å². The lowest BCUT2D eigenvalue weighted by Gasteiger charge is -2.35. The molecule has 27 heavy (non-hydrogen) atoms. The zero-order chi connectivity index (χ0) is 20.2. The maximum atomic E-state index is 11.7. The van der Waals surface area contributed by atoms with Crippen molar-refractivity contribution in [3.8, 4) is 0 Å². The second kappa shape index (κ2) is 8.75. The molecule has 0 aromatic carbocycles. The number of nitrogens with one attached hydrogen (secondary N) is 1. The normalized spacial score (nSPS) is 25.3. The average Bonchev–Trinajstić information content (AvgIpc) is 3.20. The first-order valence-electron chi connectivity index (χ1n) is 8.58. The van der Waals surface area contributed by atoms with E-state index in [1.54, 1.807) is 7.05 Å². The Labute approximate surface area is 154 Å². The van der Waals surface area contributed by atoms with Crippen molar-refractivity contribution in [2.75, 3.05) is 13.6 Å². The van der Waals surface area contributed by atoms with Crippen LogP contribution < -0.4 is 5.32 Å². The van der Waals surface area contributed by atoms with Crippen LogP contribution in [0.25, 0.3) is 0 Å². The molecule has 3 atom stereocenters. The molecular weight excluding hydrogens is 369 g/mol. The fraction of sp³-hybridized carbons (Fsp3) is 0.647. The summed E-state index contributed by atoms with van der Waals surface area (Å²) in [6, 6.07) is 4.46. The van der Waals surface area contributed by atoms with Crippen molar-refractivity contribution in [2.24, 2.45) is 0 Å². The van der Waals surface area contributed by atoms with Crippen molar-refractivity contribution in [1.29, 1.82) is 0 Å². The number of carboxylic acid groups (broad SMARTS) is 1. The van der Waals surface area contributed by atoms with Crippen LogP contribution in [0.1, 0.15) is 30.8 Å². The van der Waals surface area contributed by atoms with E-state index in [0.29, 0.717) is 6.04 Å². The Morgan fingerprint density at radius 1 is 1.30 bits per heavy atom. The van der Waals surface area contributed by atoms with Gasteiger partial charge in [-0.05, 0) is 38.3 Å². The third kappa shape index (κ3) is 5.70. The molecule has 2 saturated heterocycles. The highest BCUT2D eigenvalue weighted by Crippen LogP contribution is 2.32. The highest BCUT2D eigenvalue weighted by Gasteiger charge is 2.41. The third-order valence-electron chi connectivity index (χ3n) is 4.60. The maximum absolute atomic E-state index is 11.7. The molecule has 0 unspecified atom stereocenters. The Bertz CT molecular complexity index is 661. The SMILES string of the molecule is CNC(=O)[C@H]1CC[C@@H]2[C@@H](CCN2Cc2ccc(C)o2)O1.O=C(O)C(F)(F)F. The maximum Gasteiger partial charge on any atom is 0.490 e. The molecule has 2 fully saturated rings. The number of carbonyl (C=O) groups excluding carboxylic acids is 1. The van der Waals surface area contributed by atoms with E-state index in [9.17, 15) is 18.0 Å². The second-order valence-electron chi connectivity index (χ2n) is 6.50. The molecule has 3 heterocycles. The van der Waals surface area contributed by atoms with Gasteiger partial charge in [0.1, 0.15) is 17.6 Å². The number of carboxylic acids is 1. The third-order valence-corrected chi connectivity index (χ3v) is 4.60. The molecule has 0 bridgehead atoms. The van der Waals surface area contributed by atoms with Gasteiger partial charge in [-0.2, -0.15) is 13.2 Å². The molecule has 1 amide bonds. The fourth-order valence-electron chi connectivity index (χ4n) is 3.34. The predicted molar refractivity (Wildman–Crippen MR) is 87.9 cm³/mol. The van der Waals surface area contributed by atoms with Crippen molar-refractivity contribution in [3.05, 3.63) is 23.7 Å². The summed E-state index contributed by atoms with van der Waals surface area (Å²) in [5.41, 5.74) is 0. The van der Waals surface area contributed by atoms with Gasteiger partial charge in [0, 0.05) is 19.6 Å². The number of furan rings is 1. The van der Waals surface area contributed by atoms with Crippen LogP contribution >= 0.6 is 0 Å². The summed E-state index contributed by atoms with van der Waals surface area (Å²) in [4.78, 5) is 23.0. The Morgan fingerprint density at radius 3 is 2.48 bits per heavy atom. The van der Waals surface area contributed by atoms with Crippen molar-refractivity contribution < 1.29 is 37.0 Å². The lowest BCUT2D eigenvalue weighted by molar-refractivity contribution is -0.192. The Hall–Kier alpha value is -2.07. The molecule has 0 radical (unpaired) electrons. The Balaban J connectivity index is 0.000000321. The summed E-state index contributed by atoms with van der Waals surface area (Å²) < 4.78 is 43.3. The predicted octanol–water partition coefficient (Wildman–Crippen LogP) is 2.09. The van der Waals surface area contributed by atoms with E-state index < -0.39 is 12.1 Å². The first-order valence-corrected chi connectivity index (χ1v) is 8.58. The minimum Gasteiger partial charge on any atom is -0.475 e. The first kappa shape index (κ1) is 21.2. The molecule has 0 aliphatic carbocycles. The smallest absolute Gasteiger partial charge is 0.475 e. The number of rotatable bonds is 3. The number of likely N-dealkylation sites (N-methyl/N-ethyl adjacent to an activating group) is 1. The average molecular weight is 392 g/mol. The van der Waals surface area contributed by atoms with Crippen LogP contribution in [-0.2, 0) is 20.9 Å². The fourth-order valence-corrected chi connectivity index (χ4v) is 3.34. The largest absolute Gasteiger partial charge is 0.490 e. The van der Waals surface area contributed by atoms with E-state index in [-0.39, 0.29) is 18.1 Å². The molecule has 0 saturated carbocycles. The quantitative estimate of drug-likeness (QED) is 0.819. The van der Waals surface area contributed by atoms with Crippen molar-refractivity contribution >= 4 is 11.9 Å². The summed E-state index contributed by atoms with van der Waals surface area (Å²) in [5, 5.41) is 9.80. The van der Waals surface area contributed by atoms with E-state index in [2.05, 4.69) is 10.2 Å². The molecular formula is C17H23F3N2O5. The Kier molecular flexibility index (Phi) is 6.88. The molecule has 7 nitrogen and oxygen atoms in total. The highest BCUT2D eigenvalue weighted by molar-refractivity contribution is 5.80. The summed E-state index contributed by atoms with van der Waals surface area (Å²) >= 11 is 0.